The van der Waals surface area contributed by atoms with Crippen LogP contribution in [0.25, 0.3) is 0 Å². The van der Waals surface area contributed by atoms with Crippen molar-refractivity contribution in [3.05, 3.63) is 17.3 Å². The maximum atomic E-state index is 12.2. The molecule has 0 aromatic carbocycles. The van der Waals surface area contributed by atoms with Crippen LogP contribution >= 0.6 is 0 Å². The monoisotopic (exact) mass is 237 g/mol. The summed E-state index contributed by atoms with van der Waals surface area (Å²) in [6.07, 6.45) is 2.15. The first-order valence-electron chi connectivity index (χ1n) is 6.01. The van der Waals surface area contributed by atoms with E-state index in [1.807, 2.05) is 7.05 Å². The third-order valence-corrected chi connectivity index (χ3v) is 3.24. The van der Waals surface area contributed by atoms with Crippen molar-refractivity contribution in [2.45, 2.75) is 32.7 Å². The molecule has 1 unspecified atom stereocenters. The molecule has 0 saturated carbocycles. The van der Waals surface area contributed by atoms with Gasteiger partial charge in [0.05, 0.1) is 5.69 Å². The fourth-order valence-electron chi connectivity index (χ4n) is 2.22. The molecular formula is C12H19N3O2. The molecule has 0 radical (unpaired) electrons. The second kappa shape index (κ2) is 4.87. The minimum absolute atomic E-state index is 0.0724. The van der Waals surface area contributed by atoms with E-state index in [9.17, 15) is 4.79 Å². The Labute approximate surface area is 101 Å². The molecule has 1 N–H and O–H groups in total. The number of aromatic nitrogens is 1. The van der Waals surface area contributed by atoms with Crippen LogP contribution in [-0.2, 0) is 0 Å². The van der Waals surface area contributed by atoms with Crippen LogP contribution in [0.2, 0.25) is 0 Å². The SMILES string of the molecule is Cc1nc(C)c(C(=O)N(C)C2CCCNC2)o1. The van der Waals surface area contributed by atoms with E-state index in [0.717, 1.165) is 25.9 Å². The molecule has 1 aliphatic heterocycles. The number of nitrogens with one attached hydrogen (secondary N) is 1. The summed E-state index contributed by atoms with van der Waals surface area (Å²) in [6.45, 7) is 5.45. The lowest BCUT2D eigenvalue weighted by Gasteiger charge is -2.31. The maximum Gasteiger partial charge on any atom is 0.291 e. The Bertz CT molecular complexity index is 408. The summed E-state index contributed by atoms with van der Waals surface area (Å²) >= 11 is 0. The quantitative estimate of drug-likeness (QED) is 0.837. The van der Waals surface area contributed by atoms with Crippen LogP contribution in [0.1, 0.15) is 35.0 Å². The second-order valence-electron chi connectivity index (χ2n) is 4.56. The highest BCUT2D eigenvalue weighted by atomic mass is 16.4. The summed E-state index contributed by atoms with van der Waals surface area (Å²) in [7, 11) is 1.83. The van der Waals surface area contributed by atoms with E-state index >= 15 is 0 Å². The zero-order valence-corrected chi connectivity index (χ0v) is 10.6. The van der Waals surface area contributed by atoms with Gasteiger partial charge in [-0.15, -0.1) is 0 Å². The molecule has 1 aromatic heterocycles. The molecule has 0 spiro atoms. The van der Waals surface area contributed by atoms with Crippen molar-refractivity contribution in [1.82, 2.24) is 15.2 Å². The third kappa shape index (κ3) is 2.49. The number of nitrogens with zero attached hydrogens (tertiary/aromatic N) is 2. The fraction of sp³-hybridized carbons (Fsp3) is 0.667. The molecule has 1 saturated heterocycles. The number of amides is 1. The van der Waals surface area contributed by atoms with Crippen LogP contribution in [0.3, 0.4) is 0 Å². The Morgan fingerprint density at radius 1 is 1.53 bits per heavy atom. The van der Waals surface area contributed by atoms with Crippen LogP contribution in [0.5, 0.6) is 0 Å². The number of oxazole rings is 1. The van der Waals surface area contributed by atoms with Gasteiger partial charge in [0.1, 0.15) is 0 Å². The number of rotatable bonds is 2. The van der Waals surface area contributed by atoms with Crippen molar-refractivity contribution in [2.24, 2.45) is 0 Å². The average molecular weight is 237 g/mol. The number of piperidine rings is 1. The molecule has 5 heteroatoms. The lowest BCUT2D eigenvalue weighted by molar-refractivity contribution is 0.0673. The van der Waals surface area contributed by atoms with Crippen LogP contribution in [0.4, 0.5) is 0 Å². The number of hydrogen-bond acceptors (Lipinski definition) is 4. The first kappa shape index (κ1) is 12.1. The van der Waals surface area contributed by atoms with Crippen molar-refractivity contribution < 1.29 is 9.21 Å². The summed E-state index contributed by atoms with van der Waals surface area (Å²) in [4.78, 5) is 18.1. The van der Waals surface area contributed by atoms with E-state index < -0.39 is 0 Å². The summed E-state index contributed by atoms with van der Waals surface area (Å²) in [5.41, 5.74) is 0.670. The molecule has 1 aromatic rings. The predicted octanol–water partition coefficient (Wildman–Crippen LogP) is 1.12. The van der Waals surface area contributed by atoms with Crippen LogP contribution in [0.15, 0.2) is 4.42 Å². The van der Waals surface area contributed by atoms with Gasteiger partial charge in [-0.05, 0) is 26.3 Å². The van der Waals surface area contributed by atoms with Crippen molar-refractivity contribution in [3.8, 4) is 0 Å². The van der Waals surface area contributed by atoms with Gasteiger partial charge < -0.3 is 14.6 Å². The Morgan fingerprint density at radius 3 is 2.82 bits per heavy atom. The maximum absolute atomic E-state index is 12.2. The first-order chi connectivity index (χ1) is 8.09. The zero-order valence-electron chi connectivity index (χ0n) is 10.6. The molecule has 2 rings (SSSR count). The molecule has 1 atom stereocenters. The van der Waals surface area contributed by atoms with Gasteiger partial charge >= 0.3 is 0 Å². The van der Waals surface area contributed by atoms with Crippen molar-refractivity contribution in [2.75, 3.05) is 20.1 Å². The van der Waals surface area contributed by atoms with Gasteiger partial charge in [0.25, 0.3) is 5.91 Å². The highest BCUT2D eigenvalue weighted by molar-refractivity contribution is 5.92. The first-order valence-corrected chi connectivity index (χ1v) is 6.01. The average Bonchev–Trinajstić information content (AvgIpc) is 2.68. The fourth-order valence-corrected chi connectivity index (χ4v) is 2.22. The summed E-state index contributed by atoms with van der Waals surface area (Å²) in [5.74, 6) is 0.841. The minimum Gasteiger partial charge on any atom is -0.436 e. The van der Waals surface area contributed by atoms with Crippen LogP contribution in [-0.4, -0.2) is 42.0 Å². The molecule has 94 valence electrons. The standard InChI is InChI=1S/C12H19N3O2/c1-8-11(17-9(2)14-8)12(16)15(3)10-5-4-6-13-7-10/h10,13H,4-7H2,1-3H3. The number of aryl methyl sites for hydroxylation is 2. The van der Waals surface area contributed by atoms with Crippen LogP contribution in [0, 0.1) is 13.8 Å². The van der Waals surface area contributed by atoms with Gasteiger partial charge in [0, 0.05) is 26.6 Å². The topological polar surface area (TPSA) is 58.4 Å². The highest BCUT2D eigenvalue weighted by Gasteiger charge is 2.26. The molecule has 2 heterocycles. The molecule has 1 amide bonds. The Morgan fingerprint density at radius 2 is 2.29 bits per heavy atom. The molecule has 0 bridgehead atoms. The highest BCUT2D eigenvalue weighted by Crippen LogP contribution is 2.16. The second-order valence-corrected chi connectivity index (χ2v) is 4.56. The smallest absolute Gasteiger partial charge is 0.291 e. The van der Waals surface area contributed by atoms with E-state index in [4.69, 9.17) is 4.42 Å². The lowest BCUT2D eigenvalue weighted by Crippen LogP contribution is -2.46. The molecule has 0 aliphatic carbocycles. The van der Waals surface area contributed by atoms with Crippen molar-refractivity contribution in [3.63, 3.8) is 0 Å². The Hall–Kier alpha value is -1.36. The van der Waals surface area contributed by atoms with Gasteiger partial charge in [-0.1, -0.05) is 0 Å². The van der Waals surface area contributed by atoms with Gasteiger partial charge in [-0.2, -0.15) is 0 Å². The van der Waals surface area contributed by atoms with Crippen LogP contribution < -0.4 is 5.32 Å². The van der Waals surface area contributed by atoms with Gasteiger partial charge in [0.15, 0.2) is 5.89 Å². The van der Waals surface area contributed by atoms with Gasteiger partial charge in [-0.3, -0.25) is 4.79 Å². The molecule has 17 heavy (non-hydrogen) atoms. The molecular weight excluding hydrogens is 218 g/mol. The summed E-state index contributed by atoms with van der Waals surface area (Å²) in [5, 5.41) is 3.30. The number of carbonyl (C=O) groups is 1. The van der Waals surface area contributed by atoms with E-state index in [0.29, 0.717) is 17.3 Å². The summed E-state index contributed by atoms with van der Waals surface area (Å²) in [6, 6.07) is 0.251. The molecule has 5 nitrogen and oxygen atoms in total. The zero-order chi connectivity index (χ0) is 12.4. The van der Waals surface area contributed by atoms with Crippen molar-refractivity contribution >= 4 is 5.91 Å². The summed E-state index contributed by atoms with van der Waals surface area (Å²) < 4.78 is 5.37. The van der Waals surface area contributed by atoms with E-state index in [2.05, 4.69) is 10.3 Å². The lowest BCUT2D eigenvalue weighted by atomic mass is 10.1. The predicted molar refractivity (Wildman–Crippen MR) is 64.0 cm³/mol. The Kier molecular flexibility index (Phi) is 3.47. The van der Waals surface area contributed by atoms with E-state index in [1.165, 1.54) is 0 Å². The number of likely N-dealkylation sites (N-methyl/N-ethyl adjacent to an activating group) is 1. The minimum atomic E-state index is -0.0724. The van der Waals surface area contributed by atoms with Gasteiger partial charge in [-0.25, -0.2) is 4.98 Å². The molecule has 1 fully saturated rings. The largest absolute Gasteiger partial charge is 0.436 e. The number of hydrogen-bond donors (Lipinski definition) is 1. The van der Waals surface area contributed by atoms with E-state index in [-0.39, 0.29) is 11.9 Å². The Balaban J connectivity index is 2.11. The third-order valence-electron chi connectivity index (χ3n) is 3.24. The van der Waals surface area contributed by atoms with Crippen molar-refractivity contribution in [1.29, 1.82) is 0 Å². The van der Waals surface area contributed by atoms with Gasteiger partial charge in [0.2, 0.25) is 5.76 Å². The van der Waals surface area contributed by atoms with E-state index in [1.54, 1.807) is 18.7 Å². The number of carbonyl (C=O) groups excluding carboxylic acids is 1. The normalized spacial score (nSPS) is 20.3. The molecule has 1 aliphatic rings.